The van der Waals surface area contributed by atoms with Crippen LogP contribution in [0.3, 0.4) is 0 Å². The number of nitrogens with zero attached hydrogens (tertiary/aromatic N) is 6. The highest BCUT2D eigenvalue weighted by Crippen LogP contribution is 2.14. The molecule has 0 radical (unpaired) electrons. The van der Waals surface area contributed by atoms with Crippen LogP contribution in [0.2, 0.25) is 0 Å². The summed E-state index contributed by atoms with van der Waals surface area (Å²) in [6, 6.07) is 11.9. The fourth-order valence-electron chi connectivity index (χ4n) is 5.70. The molecule has 2 aromatic rings. The van der Waals surface area contributed by atoms with E-state index in [1.54, 1.807) is 12.2 Å². The van der Waals surface area contributed by atoms with Crippen molar-refractivity contribution in [2.24, 2.45) is 0 Å². The van der Waals surface area contributed by atoms with Gasteiger partial charge < -0.3 is 19.6 Å². The van der Waals surface area contributed by atoms with Crippen molar-refractivity contribution in [3.8, 4) is 0 Å². The standard InChI is InChI=1S/2C19H29N3O/c2*1-2-3-4-5-6-7-8-12-19(23)22-16-14-21(15-17-22)18-11-9-10-13-20-18/h2*8-13H,2-7,14-17H2,1H3/b2*12-8+. The largest absolute Gasteiger partial charge is 0.353 e. The number of hydrogen-bond acceptors (Lipinski definition) is 6. The molecule has 0 unspecified atom stereocenters. The molecule has 46 heavy (non-hydrogen) atoms. The molecule has 0 atom stereocenters. The first-order chi connectivity index (χ1) is 22.6. The number of aromatic nitrogens is 2. The summed E-state index contributed by atoms with van der Waals surface area (Å²) in [6.07, 6.45) is 26.0. The number of piperazine rings is 2. The number of hydrogen-bond donors (Lipinski definition) is 0. The fourth-order valence-corrected chi connectivity index (χ4v) is 5.70. The van der Waals surface area contributed by atoms with E-state index in [1.807, 2.05) is 70.7 Å². The average Bonchev–Trinajstić information content (AvgIpc) is 3.12. The van der Waals surface area contributed by atoms with E-state index in [4.69, 9.17) is 0 Å². The summed E-state index contributed by atoms with van der Waals surface area (Å²) in [5.74, 6) is 2.31. The molecule has 0 bridgehead atoms. The van der Waals surface area contributed by atoms with Gasteiger partial charge in [0.2, 0.25) is 11.8 Å². The third kappa shape index (κ3) is 14.2. The van der Waals surface area contributed by atoms with Crippen molar-refractivity contribution in [3.05, 3.63) is 73.1 Å². The van der Waals surface area contributed by atoms with Gasteiger partial charge in [0.15, 0.2) is 0 Å². The van der Waals surface area contributed by atoms with Gasteiger partial charge in [-0.05, 0) is 62.1 Å². The number of carbonyl (C=O) groups excluding carboxylic acids is 2. The van der Waals surface area contributed by atoms with Crippen molar-refractivity contribution >= 4 is 23.5 Å². The van der Waals surface area contributed by atoms with Gasteiger partial charge in [-0.15, -0.1) is 0 Å². The van der Waals surface area contributed by atoms with Crippen LogP contribution in [0, 0.1) is 0 Å². The Bertz CT molecular complexity index is 1050. The normalized spacial score (nSPS) is 15.3. The smallest absolute Gasteiger partial charge is 0.246 e. The molecule has 0 spiro atoms. The highest BCUT2D eigenvalue weighted by molar-refractivity contribution is 5.88. The predicted molar refractivity (Wildman–Crippen MR) is 191 cm³/mol. The lowest BCUT2D eigenvalue weighted by atomic mass is 10.1. The van der Waals surface area contributed by atoms with Crippen LogP contribution in [0.4, 0.5) is 11.6 Å². The minimum atomic E-state index is 0.152. The summed E-state index contributed by atoms with van der Waals surface area (Å²) >= 11 is 0. The lowest BCUT2D eigenvalue weighted by Gasteiger charge is -2.34. The molecular weight excluding hydrogens is 572 g/mol. The van der Waals surface area contributed by atoms with E-state index >= 15 is 0 Å². The Kier molecular flexibility index (Phi) is 18.2. The van der Waals surface area contributed by atoms with E-state index in [2.05, 4.69) is 33.6 Å². The summed E-state index contributed by atoms with van der Waals surface area (Å²) < 4.78 is 0. The summed E-state index contributed by atoms with van der Waals surface area (Å²) in [5, 5.41) is 0. The molecule has 0 aromatic carbocycles. The molecule has 2 amide bonds. The Labute approximate surface area is 278 Å². The topological polar surface area (TPSA) is 72.9 Å². The molecule has 2 aromatic heterocycles. The lowest BCUT2D eigenvalue weighted by Crippen LogP contribution is -2.48. The fraction of sp³-hybridized carbons (Fsp3) is 0.579. The molecule has 4 heterocycles. The molecule has 0 N–H and O–H groups in total. The molecule has 252 valence electrons. The lowest BCUT2D eigenvalue weighted by molar-refractivity contribution is -0.127. The second-order valence-corrected chi connectivity index (χ2v) is 12.2. The summed E-state index contributed by atoms with van der Waals surface area (Å²) in [5.41, 5.74) is 0. The maximum atomic E-state index is 12.2. The number of anilines is 2. The van der Waals surface area contributed by atoms with Crippen LogP contribution in [-0.4, -0.2) is 83.9 Å². The number of amides is 2. The first-order valence-corrected chi connectivity index (χ1v) is 17.8. The zero-order valence-corrected chi connectivity index (χ0v) is 28.6. The summed E-state index contributed by atoms with van der Waals surface area (Å²) in [7, 11) is 0. The first-order valence-electron chi connectivity index (χ1n) is 17.8. The van der Waals surface area contributed by atoms with Gasteiger partial charge >= 0.3 is 0 Å². The van der Waals surface area contributed by atoms with Gasteiger partial charge in [-0.2, -0.15) is 0 Å². The van der Waals surface area contributed by atoms with Gasteiger partial charge in [0.05, 0.1) is 0 Å². The van der Waals surface area contributed by atoms with Crippen LogP contribution in [-0.2, 0) is 9.59 Å². The van der Waals surface area contributed by atoms with Crippen molar-refractivity contribution in [3.63, 3.8) is 0 Å². The van der Waals surface area contributed by atoms with Crippen LogP contribution in [0.25, 0.3) is 0 Å². The minimum absolute atomic E-state index is 0.152. The SMILES string of the molecule is CCCCCCC/C=C/C(=O)N1CCN(c2ccccn2)CC1.CCCCCCC/C=C/C(=O)N1CCN(c2ccccn2)CC1. The van der Waals surface area contributed by atoms with Crippen LogP contribution >= 0.6 is 0 Å². The van der Waals surface area contributed by atoms with E-state index in [9.17, 15) is 9.59 Å². The second-order valence-electron chi connectivity index (χ2n) is 12.2. The van der Waals surface area contributed by atoms with Crippen molar-refractivity contribution in [2.75, 3.05) is 62.2 Å². The Morgan fingerprint density at radius 2 is 0.957 bits per heavy atom. The monoisotopic (exact) mass is 630 g/mol. The van der Waals surface area contributed by atoms with Gasteiger partial charge in [0.1, 0.15) is 11.6 Å². The maximum Gasteiger partial charge on any atom is 0.246 e. The van der Waals surface area contributed by atoms with E-state index in [1.165, 1.54) is 64.2 Å². The number of rotatable bonds is 16. The molecule has 0 aliphatic carbocycles. The average molecular weight is 631 g/mol. The van der Waals surface area contributed by atoms with Crippen molar-refractivity contribution in [2.45, 2.75) is 90.9 Å². The molecule has 2 aliphatic rings. The van der Waals surface area contributed by atoms with Gasteiger partial charge in [0.25, 0.3) is 0 Å². The van der Waals surface area contributed by atoms with Crippen molar-refractivity contribution < 1.29 is 9.59 Å². The van der Waals surface area contributed by atoms with Crippen LogP contribution in [0.1, 0.15) is 90.9 Å². The van der Waals surface area contributed by atoms with Gasteiger partial charge in [0, 0.05) is 64.8 Å². The van der Waals surface area contributed by atoms with Gasteiger partial charge in [-0.3, -0.25) is 9.59 Å². The quantitative estimate of drug-likeness (QED) is 0.143. The molecule has 2 fully saturated rings. The third-order valence-electron chi connectivity index (χ3n) is 8.60. The Morgan fingerprint density at radius 1 is 0.565 bits per heavy atom. The van der Waals surface area contributed by atoms with Crippen molar-refractivity contribution in [1.82, 2.24) is 19.8 Å². The molecule has 2 aliphatic heterocycles. The first kappa shape index (κ1) is 36.8. The Balaban J connectivity index is 0.000000250. The molecule has 2 saturated heterocycles. The maximum absolute atomic E-state index is 12.2. The Hall–Kier alpha value is -3.68. The molecule has 0 saturated carbocycles. The Morgan fingerprint density at radius 3 is 1.30 bits per heavy atom. The second kappa shape index (κ2) is 22.8. The summed E-state index contributed by atoms with van der Waals surface area (Å²) in [6.45, 7) is 11.0. The van der Waals surface area contributed by atoms with E-state index in [0.29, 0.717) is 0 Å². The molecule has 8 nitrogen and oxygen atoms in total. The molecule has 4 rings (SSSR count). The van der Waals surface area contributed by atoms with Gasteiger partial charge in [-0.1, -0.05) is 89.5 Å². The van der Waals surface area contributed by atoms with Crippen LogP contribution in [0.5, 0.6) is 0 Å². The number of pyridine rings is 2. The number of unbranched alkanes of at least 4 members (excludes halogenated alkanes) is 10. The van der Waals surface area contributed by atoms with E-state index < -0.39 is 0 Å². The predicted octanol–water partition coefficient (Wildman–Crippen LogP) is 7.29. The summed E-state index contributed by atoms with van der Waals surface area (Å²) in [4.78, 5) is 41.5. The zero-order chi connectivity index (χ0) is 32.7. The molecular formula is C38H58N6O2. The van der Waals surface area contributed by atoms with E-state index in [-0.39, 0.29) is 11.8 Å². The number of allylic oxidation sites excluding steroid dienone is 2. The molecule has 8 heteroatoms. The van der Waals surface area contributed by atoms with Crippen LogP contribution in [0.15, 0.2) is 73.1 Å². The highest BCUT2D eigenvalue weighted by atomic mass is 16.2. The zero-order valence-electron chi connectivity index (χ0n) is 28.6. The number of carbonyl (C=O) groups is 2. The van der Waals surface area contributed by atoms with Crippen molar-refractivity contribution in [1.29, 1.82) is 0 Å². The minimum Gasteiger partial charge on any atom is -0.353 e. The van der Waals surface area contributed by atoms with Gasteiger partial charge in [-0.25, -0.2) is 9.97 Å². The third-order valence-corrected chi connectivity index (χ3v) is 8.60. The van der Waals surface area contributed by atoms with E-state index in [0.717, 1.165) is 76.8 Å². The van der Waals surface area contributed by atoms with Crippen LogP contribution < -0.4 is 9.80 Å². The highest BCUT2D eigenvalue weighted by Gasteiger charge is 2.21.